The Balaban J connectivity index is 1.49. The summed E-state index contributed by atoms with van der Waals surface area (Å²) >= 11 is 0. The first-order valence-electron chi connectivity index (χ1n) is 14.0. The number of aryl methyl sites for hydroxylation is 1. The number of ether oxygens (including phenoxy) is 1. The Labute approximate surface area is 218 Å². The molecule has 1 atom stereocenters. The maximum absolute atomic E-state index is 12.0. The molecule has 0 amide bonds. The van der Waals surface area contributed by atoms with Crippen molar-refractivity contribution in [2.45, 2.75) is 98.0 Å². The van der Waals surface area contributed by atoms with Crippen LogP contribution in [0.25, 0.3) is 10.9 Å². The van der Waals surface area contributed by atoms with Crippen LogP contribution in [0.4, 0.5) is 0 Å². The van der Waals surface area contributed by atoms with Gasteiger partial charge in [-0.2, -0.15) is 4.73 Å². The standard InChI is InChI=1S/C32H45NO3/c1-5-7-17-31(27-20-18-26(19-21-27)23-25(3)4)35-22-12-8-9-14-28-24-33(36-32(34)13-6-2)30-16-11-10-15-29(28)30/h10-11,15-16,18-21,24-25,31H,5-9,12-14,17,22-23H2,1-4H3. The maximum atomic E-state index is 12.0. The molecule has 0 saturated heterocycles. The fourth-order valence-electron chi connectivity index (χ4n) is 4.75. The summed E-state index contributed by atoms with van der Waals surface area (Å²) in [6, 6.07) is 17.2. The zero-order chi connectivity index (χ0) is 25.8. The lowest BCUT2D eigenvalue weighted by molar-refractivity contribution is -0.143. The van der Waals surface area contributed by atoms with Crippen LogP contribution in [0.15, 0.2) is 54.7 Å². The summed E-state index contributed by atoms with van der Waals surface area (Å²) in [6.45, 7) is 9.55. The third-order valence-corrected chi connectivity index (χ3v) is 6.64. The van der Waals surface area contributed by atoms with E-state index in [1.807, 2.05) is 31.3 Å². The van der Waals surface area contributed by atoms with Crippen molar-refractivity contribution in [1.82, 2.24) is 4.73 Å². The molecule has 3 aromatic rings. The van der Waals surface area contributed by atoms with Gasteiger partial charge in [0.1, 0.15) is 0 Å². The van der Waals surface area contributed by atoms with E-state index in [1.54, 1.807) is 4.73 Å². The number of unbranched alkanes of at least 4 members (excludes halogenated alkanes) is 3. The molecule has 2 aromatic carbocycles. The van der Waals surface area contributed by atoms with Crippen molar-refractivity contribution in [3.63, 3.8) is 0 Å². The van der Waals surface area contributed by atoms with Gasteiger partial charge in [0.05, 0.1) is 11.6 Å². The smallest absolute Gasteiger partial charge is 0.332 e. The summed E-state index contributed by atoms with van der Waals surface area (Å²) in [7, 11) is 0. The Bertz CT molecular complexity index is 1050. The van der Waals surface area contributed by atoms with Crippen molar-refractivity contribution in [3.05, 3.63) is 71.4 Å². The van der Waals surface area contributed by atoms with E-state index in [4.69, 9.17) is 9.57 Å². The Morgan fingerprint density at radius 3 is 2.42 bits per heavy atom. The zero-order valence-corrected chi connectivity index (χ0v) is 22.8. The summed E-state index contributed by atoms with van der Waals surface area (Å²) < 4.78 is 8.03. The molecule has 0 radical (unpaired) electrons. The molecule has 1 heterocycles. The highest BCUT2D eigenvalue weighted by Gasteiger charge is 2.13. The highest BCUT2D eigenvalue weighted by molar-refractivity contribution is 5.84. The summed E-state index contributed by atoms with van der Waals surface area (Å²) in [6.07, 6.45) is 12.2. The summed E-state index contributed by atoms with van der Waals surface area (Å²) in [5, 5.41) is 1.17. The molecular weight excluding hydrogens is 446 g/mol. The van der Waals surface area contributed by atoms with Crippen LogP contribution >= 0.6 is 0 Å². The zero-order valence-electron chi connectivity index (χ0n) is 22.8. The summed E-state index contributed by atoms with van der Waals surface area (Å²) in [4.78, 5) is 17.6. The third-order valence-electron chi connectivity index (χ3n) is 6.64. The molecule has 1 aromatic heterocycles. The van der Waals surface area contributed by atoms with Crippen LogP contribution in [-0.4, -0.2) is 17.3 Å². The highest BCUT2D eigenvalue weighted by Crippen LogP contribution is 2.26. The predicted octanol–water partition coefficient (Wildman–Crippen LogP) is 8.26. The first-order chi connectivity index (χ1) is 17.5. The second kappa shape index (κ2) is 14.8. The number of nitrogens with zero attached hydrogens (tertiary/aromatic N) is 1. The van der Waals surface area contributed by atoms with Crippen molar-refractivity contribution in [2.75, 3.05) is 6.61 Å². The van der Waals surface area contributed by atoms with Gasteiger partial charge >= 0.3 is 5.97 Å². The van der Waals surface area contributed by atoms with E-state index < -0.39 is 0 Å². The molecular formula is C32H45NO3. The number of hydrogen-bond acceptors (Lipinski definition) is 3. The van der Waals surface area contributed by atoms with Gasteiger partial charge in [-0.05, 0) is 67.2 Å². The predicted molar refractivity (Wildman–Crippen MR) is 149 cm³/mol. The minimum Gasteiger partial charge on any atom is -0.374 e. The molecule has 0 N–H and O–H groups in total. The lowest BCUT2D eigenvalue weighted by Crippen LogP contribution is -2.18. The van der Waals surface area contributed by atoms with Crippen molar-refractivity contribution < 1.29 is 14.4 Å². The van der Waals surface area contributed by atoms with Gasteiger partial charge in [-0.3, -0.25) is 0 Å². The van der Waals surface area contributed by atoms with Crippen LogP contribution in [0, 0.1) is 5.92 Å². The van der Waals surface area contributed by atoms with Gasteiger partial charge in [-0.25, -0.2) is 4.79 Å². The number of carbonyl (C=O) groups excluding carboxylic acids is 1. The molecule has 1 unspecified atom stereocenters. The Morgan fingerprint density at radius 1 is 0.917 bits per heavy atom. The van der Waals surface area contributed by atoms with E-state index in [0.717, 1.165) is 57.1 Å². The quantitative estimate of drug-likeness (QED) is 0.189. The lowest BCUT2D eigenvalue weighted by atomic mass is 9.98. The molecule has 0 fully saturated rings. The fraction of sp³-hybridized carbons (Fsp3) is 0.531. The van der Waals surface area contributed by atoms with Gasteiger partial charge in [0.2, 0.25) is 0 Å². The van der Waals surface area contributed by atoms with Crippen molar-refractivity contribution >= 4 is 16.9 Å². The van der Waals surface area contributed by atoms with Gasteiger partial charge in [-0.15, -0.1) is 0 Å². The summed E-state index contributed by atoms with van der Waals surface area (Å²) in [5.41, 5.74) is 4.91. The van der Waals surface area contributed by atoms with E-state index >= 15 is 0 Å². The average molecular weight is 492 g/mol. The average Bonchev–Trinajstić information content (AvgIpc) is 3.20. The van der Waals surface area contributed by atoms with Crippen molar-refractivity contribution in [3.8, 4) is 0 Å². The van der Waals surface area contributed by atoms with E-state index in [9.17, 15) is 4.79 Å². The van der Waals surface area contributed by atoms with E-state index in [-0.39, 0.29) is 12.1 Å². The molecule has 0 aliphatic heterocycles. The Morgan fingerprint density at radius 2 is 1.69 bits per heavy atom. The summed E-state index contributed by atoms with van der Waals surface area (Å²) in [5.74, 6) is 0.491. The molecule has 3 rings (SSSR count). The molecule has 0 aliphatic rings. The monoisotopic (exact) mass is 491 g/mol. The normalized spacial score (nSPS) is 12.4. The van der Waals surface area contributed by atoms with Crippen molar-refractivity contribution in [1.29, 1.82) is 0 Å². The number of aromatic nitrogens is 1. The molecule has 0 bridgehead atoms. The first kappa shape index (κ1) is 28.0. The lowest BCUT2D eigenvalue weighted by Gasteiger charge is -2.19. The first-order valence-corrected chi connectivity index (χ1v) is 14.0. The van der Waals surface area contributed by atoms with Gasteiger partial charge in [-0.1, -0.05) is 89.4 Å². The van der Waals surface area contributed by atoms with Gasteiger partial charge in [0, 0.05) is 24.6 Å². The van der Waals surface area contributed by atoms with Crippen LogP contribution in [-0.2, 0) is 22.4 Å². The van der Waals surface area contributed by atoms with E-state index in [1.165, 1.54) is 34.9 Å². The van der Waals surface area contributed by atoms with Crippen LogP contribution in [0.3, 0.4) is 0 Å². The third kappa shape index (κ3) is 8.51. The second-order valence-electron chi connectivity index (χ2n) is 10.4. The molecule has 4 heteroatoms. The minimum atomic E-state index is -0.186. The Kier molecular flexibility index (Phi) is 11.5. The van der Waals surface area contributed by atoms with E-state index in [2.05, 4.69) is 51.1 Å². The van der Waals surface area contributed by atoms with Gasteiger partial charge in [0.15, 0.2) is 0 Å². The Hall–Kier alpha value is -2.59. The number of benzene rings is 2. The SMILES string of the molecule is CCCCC(OCCCCCc1cn(OC(=O)CCC)c2ccccc12)c1ccc(CC(C)C)cc1. The largest absolute Gasteiger partial charge is 0.374 e. The molecule has 0 saturated carbocycles. The molecule has 0 spiro atoms. The van der Waals surface area contributed by atoms with E-state index in [0.29, 0.717) is 12.3 Å². The second-order valence-corrected chi connectivity index (χ2v) is 10.4. The maximum Gasteiger partial charge on any atom is 0.332 e. The minimum absolute atomic E-state index is 0.186. The fourth-order valence-corrected chi connectivity index (χ4v) is 4.75. The number of fused-ring (bicyclic) bond motifs is 1. The van der Waals surface area contributed by atoms with Crippen LogP contribution in [0.5, 0.6) is 0 Å². The van der Waals surface area contributed by atoms with Crippen LogP contribution in [0.2, 0.25) is 0 Å². The molecule has 0 aliphatic carbocycles. The topological polar surface area (TPSA) is 40.5 Å². The highest BCUT2D eigenvalue weighted by atomic mass is 16.7. The molecule has 196 valence electrons. The number of hydrogen-bond donors (Lipinski definition) is 0. The van der Waals surface area contributed by atoms with Gasteiger partial charge < -0.3 is 9.57 Å². The molecule has 36 heavy (non-hydrogen) atoms. The number of rotatable bonds is 16. The van der Waals surface area contributed by atoms with Crippen molar-refractivity contribution in [2.24, 2.45) is 5.92 Å². The number of para-hydroxylation sites is 1. The van der Waals surface area contributed by atoms with Crippen LogP contribution < -0.4 is 4.84 Å². The number of carbonyl (C=O) groups is 1. The molecule has 4 nitrogen and oxygen atoms in total. The van der Waals surface area contributed by atoms with Crippen LogP contribution in [0.1, 0.15) is 102 Å². The van der Waals surface area contributed by atoms with Gasteiger partial charge in [0.25, 0.3) is 0 Å².